The number of rotatable bonds is 3. The van der Waals surface area contributed by atoms with Crippen molar-refractivity contribution in [2.24, 2.45) is 0 Å². The molecule has 2 N–H and O–H groups in total. The van der Waals surface area contributed by atoms with Crippen molar-refractivity contribution in [2.75, 3.05) is 23.3 Å². The molecule has 1 fully saturated rings. The van der Waals surface area contributed by atoms with Gasteiger partial charge in [-0.1, -0.05) is 13.0 Å². The molecule has 108 valence electrons. The number of likely N-dealkylation sites (N-methyl/N-ethyl adjacent to an activating group) is 1. The van der Waals surface area contributed by atoms with E-state index in [0.717, 1.165) is 24.3 Å². The molecule has 0 spiro atoms. The van der Waals surface area contributed by atoms with Crippen LogP contribution in [0.3, 0.4) is 0 Å². The highest BCUT2D eigenvalue weighted by atomic mass is 16.2. The standard InChI is InChI=1S/C16H23N3O/c1-3-17-15-13-8-7-12(10-14(13)18-16(15)20)19-9-5-4-6-11(19)2/h7-8,10-11,15,17H,3-6,9H2,1-2H3,(H,18,20). The Balaban J connectivity index is 1.87. The smallest absolute Gasteiger partial charge is 0.246 e. The lowest BCUT2D eigenvalue weighted by Gasteiger charge is -2.35. The summed E-state index contributed by atoms with van der Waals surface area (Å²) in [4.78, 5) is 14.4. The summed E-state index contributed by atoms with van der Waals surface area (Å²) in [5.74, 6) is 0.0608. The highest BCUT2D eigenvalue weighted by Gasteiger charge is 2.30. The van der Waals surface area contributed by atoms with Gasteiger partial charge in [-0.3, -0.25) is 4.79 Å². The summed E-state index contributed by atoms with van der Waals surface area (Å²) in [6.45, 7) is 6.22. The van der Waals surface area contributed by atoms with Crippen molar-refractivity contribution in [3.63, 3.8) is 0 Å². The average molecular weight is 273 g/mol. The molecule has 2 unspecified atom stereocenters. The van der Waals surface area contributed by atoms with Crippen molar-refractivity contribution in [1.29, 1.82) is 0 Å². The predicted octanol–water partition coefficient (Wildman–Crippen LogP) is 2.67. The minimum Gasteiger partial charge on any atom is -0.369 e. The third kappa shape index (κ3) is 2.29. The SMILES string of the molecule is CCNC1C(=O)Nc2cc(N3CCCCC3C)ccc21. The Morgan fingerprint density at radius 3 is 3.00 bits per heavy atom. The first-order valence-electron chi connectivity index (χ1n) is 7.65. The normalized spacial score (nSPS) is 25.5. The number of amides is 1. The first-order valence-corrected chi connectivity index (χ1v) is 7.65. The zero-order valence-electron chi connectivity index (χ0n) is 12.3. The number of nitrogens with one attached hydrogen (secondary N) is 2. The lowest BCUT2D eigenvalue weighted by molar-refractivity contribution is -0.117. The quantitative estimate of drug-likeness (QED) is 0.890. The van der Waals surface area contributed by atoms with Crippen molar-refractivity contribution in [3.8, 4) is 0 Å². The largest absolute Gasteiger partial charge is 0.369 e. The van der Waals surface area contributed by atoms with Crippen molar-refractivity contribution in [3.05, 3.63) is 23.8 Å². The summed E-state index contributed by atoms with van der Waals surface area (Å²) in [5.41, 5.74) is 3.27. The van der Waals surface area contributed by atoms with Gasteiger partial charge in [-0.15, -0.1) is 0 Å². The van der Waals surface area contributed by atoms with E-state index >= 15 is 0 Å². The topological polar surface area (TPSA) is 44.4 Å². The molecular formula is C16H23N3O. The molecule has 0 aromatic heterocycles. The maximum atomic E-state index is 12.0. The van der Waals surface area contributed by atoms with Crippen LogP contribution in [0.25, 0.3) is 0 Å². The van der Waals surface area contributed by atoms with Crippen LogP contribution >= 0.6 is 0 Å². The molecule has 2 aliphatic rings. The predicted molar refractivity (Wildman–Crippen MR) is 82.1 cm³/mol. The van der Waals surface area contributed by atoms with Gasteiger partial charge in [0.25, 0.3) is 0 Å². The molecule has 0 bridgehead atoms. The molecule has 3 rings (SSSR count). The van der Waals surface area contributed by atoms with E-state index in [9.17, 15) is 4.79 Å². The van der Waals surface area contributed by atoms with Crippen LogP contribution in [0.5, 0.6) is 0 Å². The monoisotopic (exact) mass is 273 g/mol. The van der Waals surface area contributed by atoms with Crippen molar-refractivity contribution < 1.29 is 4.79 Å². The Hall–Kier alpha value is -1.55. The minimum atomic E-state index is -0.192. The van der Waals surface area contributed by atoms with E-state index in [4.69, 9.17) is 0 Å². The molecule has 20 heavy (non-hydrogen) atoms. The van der Waals surface area contributed by atoms with Crippen LogP contribution in [0.4, 0.5) is 11.4 Å². The summed E-state index contributed by atoms with van der Waals surface area (Å²) in [6, 6.07) is 6.78. The van der Waals surface area contributed by atoms with E-state index in [1.807, 2.05) is 6.92 Å². The van der Waals surface area contributed by atoms with E-state index < -0.39 is 0 Å². The Labute approximate surface area is 120 Å². The molecule has 4 nitrogen and oxygen atoms in total. The Morgan fingerprint density at radius 1 is 1.40 bits per heavy atom. The van der Waals surface area contributed by atoms with Crippen LogP contribution in [0.15, 0.2) is 18.2 Å². The molecule has 1 saturated heterocycles. The molecule has 2 heterocycles. The van der Waals surface area contributed by atoms with Crippen LogP contribution in [0.1, 0.15) is 44.7 Å². The molecule has 0 radical (unpaired) electrons. The second-order valence-corrected chi connectivity index (χ2v) is 5.79. The lowest BCUT2D eigenvalue weighted by Crippen LogP contribution is -2.37. The summed E-state index contributed by atoms with van der Waals surface area (Å²) in [5, 5.41) is 6.23. The van der Waals surface area contributed by atoms with E-state index in [-0.39, 0.29) is 11.9 Å². The van der Waals surface area contributed by atoms with Gasteiger partial charge >= 0.3 is 0 Å². The van der Waals surface area contributed by atoms with Crippen LogP contribution in [-0.2, 0) is 4.79 Å². The fourth-order valence-electron chi connectivity index (χ4n) is 3.32. The molecule has 1 aromatic rings. The number of hydrogen-bond acceptors (Lipinski definition) is 3. The third-order valence-electron chi connectivity index (χ3n) is 4.41. The van der Waals surface area contributed by atoms with Gasteiger partial charge in [0.2, 0.25) is 5.91 Å². The third-order valence-corrected chi connectivity index (χ3v) is 4.41. The van der Waals surface area contributed by atoms with Gasteiger partial charge in [0, 0.05) is 29.5 Å². The van der Waals surface area contributed by atoms with E-state index in [1.54, 1.807) is 0 Å². The zero-order valence-corrected chi connectivity index (χ0v) is 12.3. The molecule has 0 aliphatic carbocycles. The second kappa shape index (κ2) is 5.44. The van der Waals surface area contributed by atoms with Gasteiger partial charge in [0.15, 0.2) is 0 Å². The summed E-state index contributed by atoms with van der Waals surface area (Å²) in [6.07, 6.45) is 3.83. The number of benzene rings is 1. The fraction of sp³-hybridized carbons (Fsp3) is 0.562. The van der Waals surface area contributed by atoms with Crippen LogP contribution in [0.2, 0.25) is 0 Å². The highest BCUT2D eigenvalue weighted by molar-refractivity contribution is 6.03. The summed E-state index contributed by atoms with van der Waals surface area (Å²) >= 11 is 0. The number of piperidine rings is 1. The number of carbonyl (C=O) groups excluding carboxylic acids is 1. The van der Waals surface area contributed by atoms with Gasteiger partial charge in [0.1, 0.15) is 6.04 Å². The first-order chi connectivity index (χ1) is 9.70. The first kappa shape index (κ1) is 13.4. The number of anilines is 2. The van der Waals surface area contributed by atoms with Crippen LogP contribution < -0.4 is 15.5 Å². The van der Waals surface area contributed by atoms with Crippen LogP contribution in [0, 0.1) is 0 Å². The van der Waals surface area contributed by atoms with Gasteiger partial charge in [-0.05, 0) is 44.9 Å². The molecular weight excluding hydrogens is 250 g/mol. The van der Waals surface area contributed by atoms with Crippen molar-refractivity contribution >= 4 is 17.3 Å². The van der Waals surface area contributed by atoms with Crippen molar-refractivity contribution in [1.82, 2.24) is 5.32 Å². The van der Waals surface area contributed by atoms with E-state index in [2.05, 4.69) is 40.7 Å². The second-order valence-electron chi connectivity index (χ2n) is 5.79. The molecule has 1 aromatic carbocycles. The molecule has 0 saturated carbocycles. The Bertz CT molecular complexity index is 514. The lowest BCUT2D eigenvalue weighted by atomic mass is 10.0. The van der Waals surface area contributed by atoms with Gasteiger partial charge in [0.05, 0.1) is 0 Å². The van der Waals surface area contributed by atoms with E-state index in [0.29, 0.717) is 6.04 Å². The highest BCUT2D eigenvalue weighted by Crippen LogP contribution is 2.35. The summed E-state index contributed by atoms with van der Waals surface area (Å²) < 4.78 is 0. The maximum Gasteiger partial charge on any atom is 0.246 e. The molecule has 4 heteroatoms. The summed E-state index contributed by atoms with van der Waals surface area (Å²) in [7, 11) is 0. The average Bonchev–Trinajstić information content (AvgIpc) is 2.75. The van der Waals surface area contributed by atoms with Crippen molar-refractivity contribution in [2.45, 2.75) is 45.2 Å². The van der Waals surface area contributed by atoms with Gasteiger partial charge in [-0.2, -0.15) is 0 Å². The Morgan fingerprint density at radius 2 is 2.25 bits per heavy atom. The number of nitrogens with zero attached hydrogens (tertiary/aromatic N) is 1. The number of carbonyl (C=O) groups is 1. The molecule has 1 amide bonds. The maximum absolute atomic E-state index is 12.0. The fourth-order valence-corrected chi connectivity index (χ4v) is 3.32. The van der Waals surface area contributed by atoms with Crippen LogP contribution in [-0.4, -0.2) is 25.0 Å². The number of hydrogen-bond donors (Lipinski definition) is 2. The molecule has 2 aliphatic heterocycles. The Kier molecular flexibility index (Phi) is 3.66. The van der Waals surface area contributed by atoms with Gasteiger partial charge < -0.3 is 15.5 Å². The molecule has 2 atom stereocenters. The number of fused-ring (bicyclic) bond motifs is 1. The minimum absolute atomic E-state index is 0.0608. The van der Waals surface area contributed by atoms with Gasteiger partial charge in [-0.25, -0.2) is 0 Å². The zero-order chi connectivity index (χ0) is 14.1. The van der Waals surface area contributed by atoms with E-state index in [1.165, 1.54) is 24.9 Å².